The van der Waals surface area contributed by atoms with E-state index in [0.29, 0.717) is 24.4 Å². The molecule has 2 rings (SSSR count). The van der Waals surface area contributed by atoms with Crippen LogP contribution in [0.15, 0.2) is 35.2 Å². The molecule has 0 unspecified atom stereocenters. The second kappa shape index (κ2) is 7.33. The van der Waals surface area contributed by atoms with Gasteiger partial charge in [0, 0.05) is 12.1 Å². The van der Waals surface area contributed by atoms with E-state index in [2.05, 4.69) is 5.04 Å². The highest BCUT2D eigenvalue weighted by molar-refractivity contribution is 7.85. The van der Waals surface area contributed by atoms with Gasteiger partial charge >= 0.3 is 0 Å². The van der Waals surface area contributed by atoms with Gasteiger partial charge < -0.3 is 4.84 Å². The molecule has 1 aromatic carbocycles. The summed E-state index contributed by atoms with van der Waals surface area (Å²) in [7, 11) is -4.23. The van der Waals surface area contributed by atoms with Gasteiger partial charge in [-0.15, -0.1) is 5.06 Å². The second-order valence-electron chi connectivity index (χ2n) is 3.69. The first-order valence-electron chi connectivity index (χ1n) is 5.59. The third kappa shape index (κ3) is 4.27. The Bertz CT molecular complexity index is 570. The van der Waals surface area contributed by atoms with Gasteiger partial charge in [-0.3, -0.25) is 4.55 Å². The Balaban J connectivity index is 0.000000612. The molecule has 20 heavy (non-hydrogen) atoms. The molecule has 0 radical (unpaired) electrons. The van der Waals surface area contributed by atoms with Crippen LogP contribution < -0.4 is 0 Å². The molecule has 3 N–H and O–H groups in total. The van der Waals surface area contributed by atoms with Gasteiger partial charge in [0.2, 0.25) is 0 Å². The minimum Gasteiger partial charge on any atom is -0.405 e. The topological polar surface area (TPSA) is 117 Å². The van der Waals surface area contributed by atoms with Crippen LogP contribution in [-0.4, -0.2) is 41.6 Å². The van der Waals surface area contributed by atoms with Crippen molar-refractivity contribution in [3.63, 3.8) is 0 Å². The molecule has 0 atom stereocenters. The van der Waals surface area contributed by atoms with Crippen LogP contribution in [-0.2, 0) is 20.0 Å². The Labute approximate surface area is 116 Å². The van der Waals surface area contributed by atoms with Crippen molar-refractivity contribution < 1.29 is 33.4 Å². The lowest BCUT2D eigenvalue weighted by atomic mass is 10.2. The summed E-state index contributed by atoms with van der Waals surface area (Å²) < 4.78 is 31.6. The molecule has 0 fully saturated rings. The smallest absolute Gasteiger partial charge is 0.295 e. The lowest BCUT2D eigenvalue weighted by Crippen LogP contribution is -2.17. The molecule has 8 nitrogen and oxygen atoms in total. The molecule has 0 aliphatic carbocycles. The number of benzene rings is 1. The summed E-state index contributed by atoms with van der Waals surface area (Å²) >= 11 is 0. The number of nitrogens with zero attached hydrogens (tertiary/aromatic N) is 1. The zero-order valence-corrected chi connectivity index (χ0v) is 11.4. The Kier molecular flexibility index (Phi) is 6.07. The van der Waals surface area contributed by atoms with E-state index in [0.717, 1.165) is 0 Å². The van der Waals surface area contributed by atoms with Crippen LogP contribution in [0.2, 0.25) is 0 Å². The summed E-state index contributed by atoms with van der Waals surface area (Å²) in [5, 5.41) is 17.2. The van der Waals surface area contributed by atoms with Crippen molar-refractivity contribution in [2.75, 3.05) is 13.1 Å². The van der Waals surface area contributed by atoms with Crippen LogP contribution in [0, 0.1) is 0 Å². The number of hydrogen-bond acceptors (Lipinski definition) is 7. The minimum atomic E-state index is -4.23. The first kappa shape index (κ1) is 16.6. The summed E-state index contributed by atoms with van der Waals surface area (Å²) in [5.41, 5.74) is 0.381. The van der Waals surface area contributed by atoms with E-state index in [9.17, 15) is 8.42 Å². The zero-order chi connectivity index (χ0) is 15.2. The fourth-order valence-electron chi connectivity index (χ4n) is 1.65. The van der Waals surface area contributed by atoms with Gasteiger partial charge in [0.1, 0.15) is 4.90 Å². The summed E-state index contributed by atoms with van der Waals surface area (Å²) in [6, 6.07) is 6.21. The molecular formula is C11H15NO7S. The number of rotatable bonds is 3. The molecule has 9 heteroatoms. The minimum absolute atomic E-state index is 0.135. The maximum absolute atomic E-state index is 11.2. The summed E-state index contributed by atoms with van der Waals surface area (Å²) in [5.74, 6) is 0.458. The maximum Gasteiger partial charge on any atom is 0.295 e. The first-order valence-corrected chi connectivity index (χ1v) is 7.03. The van der Waals surface area contributed by atoms with Crippen molar-refractivity contribution in [1.82, 2.24) is 5.06 Å². The van der Waals surface area contributed by atoms with E-state index in [1.807, 2.05) is 6.92 Å². The van der Waals surface area contributed by atoms with Crippen LogP contribution in [0.3, 0.4) is 0 Å². The van der Waals surface area contributed by atoms with Crippen LogP contribution in [0.4, 0.5) is 0 Å². The normalized spacial score (nSPS) is 15.1. The first-order chi connectivity index (χ1) is 9.43. The maximum atomic E-state index is 11.2. The standard InChI is InChI=1S/C11H13NO4S.H2O3/c1-2-12-8-7-10(16-12)9-5-3-4-6-11(9)17(13,14)15;1-3-2/h3-7H,2,8H2,1H3,(H,13,14,15);1-2H. The van der Waals surface area contributed by atoms with Crippen LogP contribution in [0.5, 0.6) is 0 Å². The average Bonchev–Trinajstić information content (AvgIpc) is 2.87. The van der Waals surface area contributed by atoms with E-state index in [1.54, 1.807) is 29.3 Å². The van der Waals surface area contributed by atoms with Crippen molar-refractivity contribution in [2.45, 2.75) is 11.8 Å². The third-order valence-electron chi connectivity index (χ3n) is 2.49. The molecule has 0 saturated carbocycles. The average molecular weight is 305 g/mol. The van der Waals surface area contributed by atoms with Crippen molar-refractivity contribution in [3.05, 3.63) is 35.9 Å². The van der Waals surface area contributed by atoms with Crippen LogP contribution >= 0.6 is 0 Å². The fraction of sp³-hybridized carbons (Fsp3) is 0.273. The van der Waals surface area contributed by atoms with Gasteiger partial charge in [0.15, 0.2) is 5.76 Å². The lowest BCUT2D eigenvalue weighted by Gasteiger charge is -2.14. The third-order valence-corrected chi connectivity index (χ3v) is 3.40. The number of hydrogen-bond donors (Lipinski definition) is 3. The van der Waals surface area contributed by atoms with Gasteiger partial charge in [-0.1, -0.05) is 17.2 Å². The molecule has 112 valence electrons. The van der Waals surface area contributed by atoms with Crippen molar-refractivity contribution in [2.24, 2.45) is 0 Å². The zero-order valence-electron chi connectivity index (χ0n) is 10.6. The van der Waals surface area contributed by atoms with Gasteiger partial charge in [-0.2, -0.15) is 8.42 Å². The van der Waals surface area contributed by atoms with E-state index >= 15 is 0 Å². The molecule has 0 saturated heterocycles. The summed E-state index contributed by atoms with van der Waals surface area (Å²) in [6.07, 6.45) is 1.79. The Morgan fingerprint density at radius 1 is 1.35 bits per heavy atom. The van der Waals surface area contributed by atoms with Gasteiger partial charge in [0.05, 0.1) is 6.54 Å². The summed E-state index contributed by atoms with van der Waals surface area (Å²) in [6.45, 7) is 3.24. The van der Waals surface area contributed by atoms with Gasteiger partial charge in [-0.05, 0) is 25.1 Å². The van der Waals surface area contributed by atoms with Gasteiger partial charge in [-0.25, -0.2) is 10.5 Å². The molecule has 0 amide bonds. The molecule has 0 aromatic heterocycles. The molecule has 0 spiro atoms. The molecule has 1 aromatic rings. The monoisotopic (exact) mass is 305 g/mol. The number of hydroxylamine groups is 2. The summed E-state index contributed by atoms with van der Waals surface area (Å²) in [4.78, 5) is 5.32. The number of likely N-dealkylation sites (N-methyl/N-ethyl adjacent to an activating group) is 1. The van der Waals surface area contributed by atoms with Crippen LogP contribution in [0.1, 0.15) is 12.5 Å². The SMILES string of the molecule is CCN1CC=C(c2ccccc2S(=O)(=O)O)O1.OOO. The van der Waals surface area contributed by atoms with E-state index in [4.69, 9.17) is 19.9 Å². The van der Waals surface area contributed by atoms with Crippen molar-refractivity contribution in [3.8, 4) is 0 Å². The van der Waals surface area contributed by atoms with Crippen LogP contribution in [0.25, 0.3) is 5.76 Å². The largest absolute Gasteiger partial charge is 0.405 e. The Hall–Kier alpha value is -1.49. The molecule has 1 aliphatic rings. The highest BCUT2D eigenvalue weighted by atomic mass is 32.2. The lowest BCUT2D eigenvalue weighted by molar-refractivity contribution is -0.465. The van der Waals surface area contributed by atoms with Gasteiger partial charge in [0.25, 0.3) is 10.1 Å². The highest BCUT2D eigenvalue weighted by Crippen LogP contribution is 2.27. The predicted octanol–water partition coefficient (Wildman–Crippen LogP) is 1.49. The predicted molar refractivity (Wildman–Crippen MR) is 68.9 cm³/mol. The highest BCUT2D eigenvalue weighted by Gasteiger charge is 2.22. The Morgan fingerprint density at radius 2 is 1.95 bits per heavy atom. The van der Waals surface area contributed by atoms with Crippen molar-refractivity contribution >= 4 is 15.9 Å². The molecule has 1 aliphatic heterocycles. The van der Waals surface area contributed by atoms with E-state index in [-0.39, 0.29) is 4.90 Å². The molecular weight excluding hydrogens is 290 g/mol. The van der Waals surface area contributed by atoms with E-state index < -0.39 is 10.1 Å². The quantitative estimate of drug-likeness (QED) is 0.437. The molecule has 1 heterocycles. The van der Waals surface area contributed by atoms with E-state index in [1.165, 1.54) is 6.07 Å². The Morgan fingerprint density at radius 3 is 2.45 bits per heavy atom. The second-order valence-corrected chi connectivity index (χ2v) is 5.08. The molecule has 0 bridgehead atoms. The fourth-order valence-corrected chi connectivity index (χ4v) is 2.34. The van der Waals surface area contributed by atoms with Crippen molar-refractivity contribution in [1.29, 1.82) is 0 Å².